The molecule has 1 heterocycles. The molecule has 0 spiro atoms. The van der Waals surface area contributed by atoms with Crippen molar-refractivity contribution in [1.82, 2.24) is 21.1 Å². The van der Waals surface area contributed by atoms with Crippen molar-refractivity contribution < 1.29 is 14.1 Å². The number of rotatable bonds is 4. The molecule has 0 aromatic carbocycles. The molecule has 0 aliphatic carbocycles. The van der Waals surface area contributed by atoms with Gasteiger partial charge in [0.1, 0.15) is 5.76 Å². The standard InChI is InChI=1S/C12H20N4O3/c1-6(10-7(2)16-19-9(10)4)14-8(3)11(17)15-12(18)13-5/h6,8,14H,1-5H3,(H2,13,15,17,18). The lowest BCUT2D eigenvalue weighted by Gasteiger charge is -2.19. The van der Waals surface area contributed by atoms with E-state index in [1.165, 1.54) is 7.05 Å². The molecule has 3 amide bonds. The monoisotopic (exact) mass is 268 g/mol. The molecule has 0 saturated heterocycles. The largest absolute Gasteiger partial charge is 0.361 e. The van der Waals surface area contributed by atoms with Crippen molar-refractivity contribution in [3.05, 3.63) is 17.0 Å². The van der Waals surface area contributed by atoms with Crippen molar-refractivity contribution in [2.75, 3.05) is 7.05 Å². The van der Waals surface area contributed by atoms with E-state index in [0.717, 1.165) is 17.0 Å². The fourth-order valence-electron chi connectivity index (χ4n) is 1.92. The summed E-state index contributed by atoms with van der Waals surface area (Å²) in [6, 6.07) is -1.14. The molecule has 7 nitrogen and oxygen atoms in total. The number of imide groups is 1. The maximum atomic E-state index is 11.7. The van der Waals surface area contributed by atoms with Crippen molar-refractivity contribution in [1.29, 1.82) is 0 Å². The molecular weight excluding hydrogens is 248 g/mol. The van der Waals surface area contributed by atoms with E-state index in [1.807, 2.05) is 20.8 Å². The predicted molar refractivity (Wildman–Crippen MR) is 69.6 cm³/mol. The Morgan fingerprint density at radius 2 is 1.89 bits per heavy atom. The summed E-state index contributed by atoms with van der Waals surface area (Å²) < 4.78 is 5.09. The van der Waals surface area contributed by atoms with Gasteiger partial charge in [0.05, 0.1) is 11.7 Å². The first-order chi connectivity index (χ1) is 8.86. The summed E-state index contributed by atoms with van der Waals surface area (Å²) in [6.07, 6.45) is 0. The molecule has 7 heteroatoms. The third-order valence-corrected chi connectivity index (χ3v) is 2.88. The van der Waals surface area contributed by atoms with Crippen LogP contribution >= 0.6 is 0 Å². The minimum Gasteiger partial charge on any atom is -0.361 e. The molecule has 1 rings (SSSR count). The number of amides is 3. The van der Waals surface area contributed by atoms with Crippen LogP contribution in [-0.4, -0.2) is 30.2 Å². The molecular formula is C12H20N4O3. The first-order valence-corrected chi connectivity index (χ1v) is 6.08. The Labute approximate surface area is 112 Å². The van der Waals surface area contributed by atoms with Gasteiger partial charge in [0.2, 0.25) is 5.91 Å². The van der Waals surface area contributed by atoms with E-state index >= 15 is 0 Å². The Hall–Kier alpha value is -1.89. The van der Waals surface area contributed by atoms with Gasteiger partial charge in [0.25, 0.3) is 0 Å². The van der Waals surface area contributed by atoms with Crippen LogP contribution in [0.25, 0.3) is 0 Å². The third-order valence-electron chi connectivity index (χ3n) is 2.88. The van der Waals surface area contributed by atoms with Crippen molar-refractivity contribution in [3.63, 3.8) is 0 Å². The highest BCUT2D eigenvalue weighted by molar-refractivity contribution is 5.96. The molecule has 0 aliphatic heterocycles. The highest BCUT2D eigenvalue weighted by Crippen LogP contribution is 2.21. The van der Waals surface area contributed by atoms with E-state index in [4.69, 9.17) is 4.52 Å². The maximum Gasteiger partial charge on any atom is 0.321 e. The molecule has 2 atom stereocenters. The number of nitrogens with zero attached hydrogens (tertiary/aromatic N) is 1. The van der Waals surface area contributed by atoms with Crippen molar-refractivity contribution in [3.8, 4) is 0 Å². The first kappa shape index (κ1) is 15.2. The van der Waals surface area contributed by atoms with E-state index in [-0.39, 0.29) is 6.04 Å². The van der Waals surface area contributed by atoms with Gasteiger partial charge in [0.15, 0.2) is 0 Å². The molecule has 0 saturated carbocycles. The van der Waals surface area contributed by atoms with Crippen LogP contribution in [0.3, 0.4) is 0 Å². The van der Waals surface area contributed by atoms with Gasteiger partial charge in [-0.2, -0.15) is 0 Å². The van der Waals surface area contributed by atoms with Gasteiger partial charge in [-0.25, -0.2) is 4.79 Å². The van der Waals surface area contributed by atoms with Crippen molar-refractivity contribution in [2.24, 2.45) is 0 Å². The van der Waals surface area contributed by atoms with Gasteiger partial charge in [-0.05, 0) is 27.7 Å². The lowest BCUT2D eigenvalue weighted by molar-refractivity contribution is -0.121. The molecule has 19 heavy (non-hydrogen) atoms. The summed E-state index contributed by atoms with van der Waals surface area (Å²) in [6.45, 7) is 7.27. The Balaban J connectivity index is 2.64. The van der Waals surface area contributed by atoms with Crippen LogP contribution in [0.15, 0.2) is 4.52 Å². The van der Waals surface area contributed by atoms with Gasteiger partial charge in [0, 0.05) is 18.7 Å². The van der Waals surface area contributed by atoms with E-state index in [2.05, 4.69) is 21.1 Å². The lowest BCUT2D eigenvalue weighted by atomic mass is 10.1. The van der Waals surface area contributed by atoms with Gasteiger partial charge in [-0.1, -0.05) is 5.16 Å². The number of hydrogen-bond acceptors (Lipinski definition) is 5. The normalized spacial score (nSPS) is 13.7. The Morgan fingerprint density at radius 1 is 1.26 bits per heavy atom. The number of aromatic nitrogens is 1. The van der Waals surface area contributed by atoms with Gasteiger partial charge < -0.3 is 9.84 Å². The number of aryl methyl sites for hydroxylation is 2. The number of urea groups is 1. The van der Waals surface area contributed by atoms with Crippen LogP contribution < -0.4 is 16.0 Å². The summed E-state index contributed by atoms with van der Waals surface area (Å²) in [5.41, 5.74) is 1.72. The van der Waals surface area contributed by atoms with Gasteiger partial charge in [-0.15, -0.1) is 0 Å². The van der Waals surface area contributed by atoms with Crippen LogP contribution in [0.4, 0.5) is 4.79 Å². The van der Waals surface area contributed by atoms with Crippen LogP contribution in [-0.2, 0) is 4.79 Å². The molecule has 2 unspecified atom stereocenters. The number of nitrogens with one attached hydrogen (secondary N) is 3. The second-order valence-electron chi connectivity index (χ2n) is 4.42. The van der Waals surface area contributed by atoms with E-state index in [0.29, 0.717) is 0 Å². The Bertz CT molecular complexity index is 450. The third kappa shape index (κ3) is 3.78. The zero-order chi connectivity index (χ0) is 14.6. The van der Waals surface area contributed by atoms with Crippen LogP contribution in [0.5, 0.6) is 0 Å². The summed E-state index contributed by atoms with van der Waals surface area (Å²) in [4.78, 5) is 22.8. The first-order valence-electron chi connectivity index (χ1n) is 6.08. The zero-order valence-electron chi connectivity index (χ0n) is 11.8. The average Bonchev–Trinajstić information content (AvgIpc) is 2.68. The Kier molecular flexibility index (Phi) is 5.05. The number of carbonyl (C=O) groups excluding carboxylic acids is 2. The van der Waals surface area contributed by atoms with Crippen molar-refractivity contribution in [2.45, 2.75) is 39.8 Å². The fourth-order valence-corrected chi connectivity index (χ4v) is 1.92. The lowest BCUT2D eigenvalue weighted by Crippen LogP contribution is -2.47. The second-order valence-corrected chi connectivity index (χ2v) is 4.42. The van der Waals surface area contributed by atoms with Crippen LogP contribution in [0.2, 0.25) is 0 Å². The minimum absolute atomic E-state index is 0.100. The van der Waals surface area contributed by atoms with Gasteiger partial charge in [-0.3, -0.25) is 15.4 Å². The molecule has 0 fully saturated rings. The van der Waals surface area contributed by atoms with E-state index < -0.39 is 18.0 Å². The number of carbonyl (C=O) groups is 2. The highest BCUT2D eigenvalue weighted by atomic mass is 16.5. The molecule has 0 bridgehead atoms. The smallest absolute Gasteiger partial charge is 0.321 e. The molecule has 0 aliphatic rings. The zero-order valence-corrected chi connectivity index (χ0v) is 11.8. The fraction of sp³-hybridized carbons (Fsp3) is 0.583. The Morgan fingerprint density at radius 3 is 2.37 bits per heavy atom. The minimum atomic E-state index is -0.524. The molecule has 1 aromatic rings. The molecule has 3 N–H and O–H groups in total. The van der Waals surface area contributed by atoms with E-state index in [1.54, 1.807) is 6.92 Å². The molecule has 0 radical (unpaired) electrons. The molecule has 106 valence electrons. The predicted octanol–water partition coefficient (Wildman–Crippen LogP) is 0.786. The van der Waals surface area contributed by atoms with Crippen molar-refractivity contribution >= 4 is 11.9 Å². The van der Waals surface area contributed by atoms with Crippen LogP contribution in [0.1, 0.15) is 36.9 Å². The highest BCUT2D eigenvalue weighted by Gasteiger charge is 2.21. The maximum absolute atomic E-state index is 11.7. The quantitative estimate of drug-likeness (QED) is 0.750. The van der Waals surface area contributed by atoms with Crippen LogP contribution in [0, 0.1) is 13.8 Å². The topological polar surface area (TPSA) is 96.3 Å². The summed E-state index contributed by atoms with van der Waals surface area (Å²) >= 11 is 0. The summed E-state index contributed by atoms with van der Waals surface area (Å²) in [5, 5.41) is 11.5. The summed E-state index contributed by atoms with van der Waals surface area (Å²) in [5.74, 6) is 0.328. The second kappa shape index (κ2) is 6.33. The SMILES string of the molecule is CNC(=O)NC(=O)C(C)NC(C)c1c(C)noc1C. The number of hydrogen-bond donors (Lipinski definition) is 3. The van der Waals surface area contributed by atoms with E-state index in [9.17, 15) is 9.59 Å². The van der Waals surface area contributed by atoms with Gasteiger partial charge >= 0.3 is 6.03 Å². The molecule has 1 aromatic heterocycles. The average molecular weight is 268 g/mol. The summed E-state index contributed by atoms with van der Waals surface area (Å²) in [7, 11) is 1.45.